The minimum atomic E-state index is -1.27. The summed E-state index contributed by atoms with van der Waals surface area (Å²) < 4.78 is 11.1. The van der Waals surface area contributed by atoms with Crippen LogP contribution in [0, 0.1) is 6.92 Å². The number of Topliss-reactive ketones (excluding diaryl/α,β-unsaturated/α-hetero) is 1. The first-order chi connectivity index (χ1) is 12.9. The van der Waals surface area contributed by atoms with E-state index < -0.39 is 17.5 Å². The van der Waals surface area contributed by atoms with Gasteiger partial charge in [-0.3, -0.25) is 14.5 Å². The Balaban J connectivity index is 1.59. The Morgan fingerprint density at radius 2 is 1.93 bits per heavy atom. The predicted molar refractivity (Wildman–Crippen MR) is 98.4 cm³/mol. The maximum absolute atomic E-state index is 13.0. The largest absolute Gasteiger partial charge is 0.486 e. The first kappa shape index (κ1) is 17.5. The average Bonchev–Trinajstić information content (AvgIpc) is 3.19. The lowest BCUT2D eigenvalue weighted by molar-refractivity contribution is -0.130. The van der Waals surface area contributed by atoms with E-state index in [2.05, 4.69) is 5.32 Å². The molecule has 0 saturated carbocycles. The maximum atomic E-state index is 13.0. The fourth-order valence-electron chi connectivity index (χ4n) is 3.20. The van der Waals surface area contributed by atoms with Gasteiger partial charge in [-0.05, 0) is 43.7 Å². The van der Waals surface area contributed by atoms with Crippen molar-refractivity contribution >= 4 is 29.1 Å². The van der Waals surface area contributed by atoms with Crippen LogP contribution >= 0.6 is 11.3 Å². The zero-order valence-electron chi connectivity index (χ0n) is 14.9. The number of imide groups is 1. The molecule has 1 aromatic carbocycles. The average molecular weight is 386 g/mol. The van der Waals surface area contributed by atoms with Gasteiger partial charge in [-0.1, -0.05) is 6.07 Å². The standard InChI is InChI=1S/C19H18N2O5S/c1-11-3-6-16(27-11)13(22)10-21-17(23)19(2,20-18(21)24)12-4-5-14-15(9-12)26-8-7-25-14/h3-6,9H,7-8,10H2,1-2H3,(H,20,24)/t19-/m0/s1. The lowest BCUT2D eigenvalue weighted by atomic mass is 9.91. The number of fused-ring (bicyclic) bond motifs is 1. The summed E-state index contributed by atoms with van der Waals surface area (Å²) in [6.45, 7) is 4.13. The molecule has 27 heavy (non-hydrogen) atoms. The van der Waals surface area contributed by atoms with Crippen LogP contribution in [-0.4, -0.2) is 42.4 Å². The van der Waals surface area contributed by atoms with E-state index in [1.54, 1.807) is 31.2 Å². The second kappa shape index (κ2) is 6.38. The molecule has 2 aliphatic rings. The normalized spacial score (nSPS) is 21.3. The Hall–Kier alpha value is -2.87. The Morgan fingerprint density at radius 1 is 1.19 bits per heavy atom. The van der Waals surface area contributed by atoms with Crippen molar-refractivity contribution in [2.75, 3.05) is 19.8 Å². The molecule has 140 valence electrons. The number of hydrogen-bond donors (Lipinski definition) is 1. The van der Waals surface area contributed by atoms with Crippen LogP contribution in [0.25, 0.3) is 0 Å². The summed E-state index contributed by atoms with van der Waals surface area (Å²) in [6.07, 6.45) is 0. The number of aryl methyl sites for hydroxylation is 1. The Morgan fingerprint density at radius 3 is 2.63 bits per heavy atom. The number of benzene rings is 1. The van der Waals surface area contributed by atoms with Gasteiger partial charge in [0.25, 0.3) is 5.91 Å². The number of rotatable bonds is 4. The van der Waals surface area contributed by atoms with Gasteiger partial charge in [0.1, 0.15) is 18.8 Å². The number of ketones is 1. The summed E-state index contributed by atoms with van der Waals surface area (Å²) in [7, 11) is 0. The molecule has 0 bridgehead atoms. The fraction of sp³-hybridized carbons (Fsp3) is 0.316. The van der Waals surface area contributed by atoms with Crippen molar-refractivity contribution in [1.82, 2.24) is 10.2 Å². The first-order valence-electron chi connectivity index (χ1n) is 8.52. The molecule has 0 unspecified atom stereocenters. The van der Waals surface area contributed by atoms with Crippen molar-refractivity contribution in [3.8, 4) is 11.5 Å². The fourth-order valence-corrected chi connectivity index (χ4v) is 3.99. The van der Waals surface area contributed by atoms with Crippen LogP contribution in [-0.2, 0) is 10.3 Å². The third-order valence-corrected chi connectivity index (χ3v) is 5.75. The first-order valence-corrected chi connectivity index (χ1v) is 9.34. The maximum Gasteiger partial charge on any atom is 0.325 e. The van der Waals surface area contributed by atoms with Crippen molar-refractivity contribution < 1.29 is 23.9 Å². The topological polar surface area (TPSA) is 84.9 Å². The number of hydrogen-bond acceptors (Lipinski definition) is 6. The Kier molecular flexibility index (Phi) is 4.15. The van der Waals surface area contributed by atoms with E-state index in [9.17, 15) is 14.4 Å². The van der Waals surface area contributed by atoms with Gasteiger partial charge in [0, 0.05) is 4.88 Å². The van der Waals surface area contributed by atoms with Gasteiger partial charge in [-0.15, -0.1) is 11.3 Å². The van der Waals surface area contributed by atoms with E-state index in [0.717, 1.165) is 9.78 Å². The van der Waals surface area contributed by atoms with Crippen molar-refractivity contribution in [1.29, 1.82) is 0 Å². The molecule has 1 aromatic heterocycles. The summed E-state index contributed by atoms with van der Waals surface area (Å²) in [5.41, 5.74) is -0.689. The number of ether oxygens (including phenoxy) is 2. The van der Waals surface area contributed by atoms with Gasteiger partial charge < -0.3 is 14.8 Å². The molecule has 8 heteroatoms. The molecule has 1 saturated heterocycles. The van der Waals surface area contributed by atoms with E-state index in [4.69, 9.17) is 9.47 Å². The third-order valence-electron chi connectivity index (χ3n) is 4.71. The SMILES string of the molecule is Cc1ccc(C(=O)CN2C(=O)N[C@@](C)(c3ccc4c(c3)OCCO4)C2=O)s1. The van der Waals surface area contributed by atoms with Crippen LogP contribution in [0.5, 0.6) is 11.5 Å². The highest BCUT2D eigenvalue weighted by atomic mass is 32.1. The number of carbonyl (C=O) groups excluding carboxylic acids is 3. The lowest BCUT2D eigenvalue weighted by Gasteiger charge is -2.25. The minimum absolute atomic E-state index is 0.261. The number of urea groups is 1. The van der Waals surface area contributed by atoms with Crippen LogP contribution in [0.3, 0.4) is 0 Å². The monoisotopic (exact) mass is 386 g/mol. The van der Waals surface area contributed by atoms with Crippen LogP contribution < -0.4 is 14.8 Å². The molecule has 3 heterocycles. The van der Waals surface area contributed by atoms with Gasteiger partial charge in [0.15, 0.2) is 17.3 Å². The summed E-state index contributed by atoms with van der Waals surface area (Å²) in [4.78, 5) is 40.4. The zero-order chi connectivity index (χ0) is 19.2. The predicted octanol–water partition coefficient (Wildman–Crippen LogP) is 2.48. The van der Waals surface area contributed by atoms with Crippen LogP contribution in [0.15, 0.2) is 30.3 Å². The van der Waals surface area contributed by atoms with Crippen molar-refractivity contribution in [3.63, 3.8) is 0 Å². The molecule has 2 aromatic rings. The third kappa shape index (κ3) is 2.95. The second-order valence-corrected chi connectivity index (χ2v) is 7.93. The van der Waals surface area contributed by atoms with Gasteiger partial charge in [0.05, 0.1) is 11.4 Å². The highest BCUT2D eigenvalue weighted by Crippen LogP contribution is 2.37. The number of nitrogens with zero attached hydrogens (tertiary/aromatic N) is 1. The smallest absolute Gasteiger partial charge is 0.325 e. The minimum Gasteiger partial charge on any atom is -0.486 e. The molecule has 2 aliphatic heterocycles. The van der Waals surface area contributed by atoms with E-state index in [-0.39, 0.29) is 12.3 Å². The quantitative estimate of drug-likeness (QED) is 0.645. The molecule has 4 rings (SSSR count). The lowest BCUT2D eigenvalue weighted by Crippen LogP contribution is -2.41. The molecule has 1 N–H and O–H groups in total. The second-order valence-electron chi connectivity index (χ2n) is 6.64. The summed E-state index contributed by atoms with van der Waals surface area (Å²) in [5.74, 6) is 0.407. The summed E-state index contributed by atoms with van der Waals surface area (Å²) in [5, 5.41) is 2.71. The van der Waals surface area contributed by atoms with E-state index in [1.165, 1.54) is 11.3 Å². The van der Waals surface area contributed by atoms with E-state index in [0.29, 0.717) is 35.2 Å². The highest BCUT2D eigenvalue weighted by Gasteiger charge is 2.49. The molecule has 1 atom stereocenters. The number of amides is 3. The summed E-state index contributed by atoms with van der Waals surface area (Å²) in [6, 6.07) is 8.10. The molecule has 1 fully saturated rings. The van der Waals surface area contributed by atoms with Crippen molar-refractivity contribution in [2.24, 2.45) is 0 Å². The van der Waals surface area contributed by atoms with Gasteiger partial charge in [0.2, 0.25) is 0 Å². The number of nitrogens with one attached hydrogen (secondary N) is 1. The molecular formula is C19H18N2O5S. The zero-order valence-corrected chi connectivity index (χ0v) is 15.7. The van der Waals surface area contributed by atoms with E-state index in [1.807, 2.05) is 13.0 Å². The Labute approximate surface area is 159 Å². The molecule has 7 nitrogen and oxygen atoms in total. The van der Waals surface area contributed by atoms with Gasteiger partial charge in [-0.25, -0.2) is 4.79 Å². The van der Waals surface area contributed by atoms with Crippen LogP contribution in [0.1, 0.15) is 27.0 Å². The van der Waals surface area contributed by atoms with Gasteiger partial charge in [-0.2, -0.15) is 0 Å². The number of thiophene rings is 1. The molecule has 0 aliphatic carbocycles. The van der Waals surface area contributed by atoms with Crippen molar-refractivity contribution in [2.45, 2.75) is 19.4 Å². The molecule has 3 amide bonds. The molecule has 0 radical (unpaired) electrons. The van der Waals surface area contributed by atoms with E-state index >= 15 is 0 Å². The number of carbonyl (C=O) groups is 3. The Bertz CT molecular complexity index is 953. The molecule has 0 spiro atoms. The highest BCUT2D eigenvalue weighted by molar-refractivity contribution is 7.14. The van der Waals surface area contributed by atoms with Crippen LogP contribution in [0.2, 0.25) is 0 Å². The molecular weight excluding hydrogens is 368 g/mol. The van der Waals surface area contributed by atoms with Gasteiger partial charge >= 0.3 is 6.03 Å². The van der Waals surface area contributed by atoms with Crippen LogP contribution in [0.4, 0.5) is 4.79 Å². The van der Waals surface area contributed by atoms with Crippen molar-refractivity contribution in [3.05, 3.63) is 45.6 Å². The summed E-state index contributed by atoms with van der Waals surface area (Å²) >= 11 is 1.34.